The Kier molecular flexibility index (Phi) is 8.76. The molecule has 0 fully saturated rings. The fourth-order valence-corrected chi connectivity index (χ4v) is 4.01. The zero-order valence-corrected chi connectivity index (χ0v) is 18.6. The molecule has 0 radical (unpaired) electrons. The molecule has 4 nitrogen and oxygen atoms in total. The monoisotopic (exact) mass is 425 g/mol. The second-order valence-corrected chi connectivity index (χ2v) is 8.18. The van der Waals surface area contributed by atoms with Crippen molar-refractivity contribution in [2.24, 2.45) is 0 Å². The minimum atomic E-state index is -0.102. The van der Waals surface area contributed by atoms with Gasteiger partial charge in [0.05, 0.1) is 21.6 Å². The van der Waals surface area contributed by atoms with Crippen LogP contribution in [0.3, 0.4) is 0 Å². The Morgan fingerprint density at radius 1 is 0.967 bits per heavy atom. The van der Waals surface area contributed by atoms with Gasteiger partial charge in [-0.3, -0.25) is 4.79 Å². The summed E-state index contributed by atoms with van der Waals surface area (Å²) in [6, 6.07) is 15.6. The SMILES string of the molecule is CCCCCCn1c(CCCCCNC(=O)c2ccccc2Cl)nc2ccccc21. The molecule has 0 bridgehead atoms. The number of unbranched alkanes of at least 4 members (excludes halogenated alkanes) is 5. The highest BCUT2D eigenvalue weighted by Crippen LogP contribution is 2.19. The summed E-state index contributed by atoms with van der Waals surface area (Å²) >= 11 is 6.08. The lowest BCUT2D eigenvalue weighted by Gasteiger charge is -2.10. The Labute approximate surface area is 184 Å². The molecule has 2 aromatic carbocycles. The standard InChI is InChI=1S/C25H32ClN3O/c1-2-3-4-12-19-29-23-16-10-9-15-22(23)28-24(29)17-6-5-11-18-27-25(30)20-13-7-8-14-21(20)26/h7-10,13-16H,2-6,11-12,17-19H2,1H3,(H,27,30). The van der Waals surface area contributed by atoms with E-state index in [0.29, 0.717) is 17.1 Å². The average molecular weight is 426 g/mol. The van der Waals surface area contributed by atoms with E-state index in [2.05, 4.69) is 41.1 Å². The number of carbonyl (C=O) groups excluding carboxylic acids is 1. The van der Waals surface area contributed by atoms with E-state index in [1.165, 1.54) is 37.0 Å². The fraction of sp³-hybridized carbons (Fsp3) is 0.440. The first kappa shape index (κ1) is 22.4. The molecule has 0 aliphatic carbocycles. The normalized spacial score (nSPS) is 11.1. The summed E-state index contributed by atoms with van der Waals surface area (Å²) < 4.78 is 2.41. The van der Waals surface area contributed by atoms with Gasteiger partial charge < -0.3 is 9.88 Å². The van der Waals surface area contributed by atoms with Crippen LogP contribution < -0.4 is 5.32 Å². The van der Waals surface area contributed by atoms with Crippen LogP contribution in [0.1, 0.15) is 68.1 Å². The number of hydrogen-bond acceptors (Lipinski definition) is 2. The Hall–Kier alpha value is -2.33. The van der Waals surface area contributed by atoms with E-state index in [0.717, 1.165) is 37.7 Å². The maximum absolute atomic E-state index is 12.2. The molecule has 0 saturated carbocycles. The second kappa shape index (κ2) is 11.8. The number of imidazole rings is 1. The minimum Gasteiger partial charge on any atom is -0.352 e. The van der Waals surface area contributed by atoms with Crippen LogP contribution in [0.15, 0.2) is 48.5 Å². The van der Waals surface area contributed by atoms with Gasteiger partial charge in [-0.15, -0.1) is 0 Å². The number of hydrogen-bond donors (Lipinski definition) is 1. The second-order valence-electron chi connectivity index (χ2n) is 7.78. The molecule has 0 saturated heterocycles. The van der Waals surface area contributed by atoms with Crippen molar-refractivity contribution in [3.63, 3.8) is 0 Å². The highest BCUT2D eigenvalue weighted by atomic mass is 35.5. The number of amides is 1. The van der Waals surface area contributed by atoms with Crippen LogP contribution in [0, 0.1) is 0 Å². The Balaban J connectivity index is 1.46. The predicted octanol–water partition coefficient (Wildman–Crippen LogP) is 6.41. The lowest BCUT2D eigenvalue weighted by molar-refractivity contribution is 0.0953. The molecule has 1 heterocycles. The van der Waals surface area contributed by atoms with E-state index in [1.807, 2.05) is 12.1 Å². The predicted molar refractivity (Wildman–Crippen MR) is 125 cm³/mol. The van der Waals surface area contributed by atoms with Crippen molar-refractivity contribution in [3.05, 3.63) is 64.9 Å². The molecule has 3 aromatic rings. The maximum atomic E-state index is 12.2. The molecule has 1 aromatic heterocycles. The molecule has 0 spiro atoms. The molecule has 0 aliphatic heterocycles. The Bertz CT molecular complexity index is 950. The van der Waals surface area contributed by atoms with Crippen molar-refractivity contribution in [3.8, 4) is 0 Å². The average Bonchev–Trinajstić information content (AvgIpc) is 3.11. The van der Waals surface area contributed by atoms with E-state index < -0.39 is 0 Å². The van der Waals surface area contributed by atoms with E-state index in [1.54, 1.807) is 12.1 Å². The number of aromatic nitrogens is 2. The van der Waals surface area contributed by atoms with Crippen LogP contribution >= 0.6 is 11.6 Å². The van der Waals surface area contributed by atoms with Gasteiger partial charge in [0.15, 0.2) is 0 Å². The summed E-state index contributed by atoms with van der Waals surface area (Å²) in [5.74, 6) is 1.09. The zero-order chi connectivity index (χ0) is 21.2. The van der Waals surface area contributed by atoms with E-state index in [-0.39, 0.29) is 5.91 Å². The quantitative estimate of drug-likeness (QED) is 0.340. The first-order chi connectivity index (χ1) is 14.7. The summed E-state index contributed by atoms with van der Waals surface area (Å²) in [5.41, 5.74) is 2.88. The first-order valence-electron chi connectivity index (χ1n) is 11.2. The number of nitrogens with zero attached hydrogens (tertiary/aromatic N) is 2. The number of para-hydroxylation sites is 2. The minimum absolute atomic E-state index is 0.102. The van der Waals surface area contributed by atoms with E-state index in [9.17, 15) is 4.79 Å². The number of nitrogens with one attached hydrogen (secondary N) is 1. The maximum Gasteiger partial charge on any atom is 0.252 e. The Morgan fingerprint density at radius 2 is 1.73 bits per heavy atom. The number of halogens is 1. The van der Waals surface area contributed by atoms with Gasteiger partial charge in [0.25, 0.3) is 5.91 Å². The van der Waals surface area contributed by atoms with Crippen LogP contribution in [0.25, 0.3) is 11.0 Å². The third-order valence-electron chi connectivity index (χ3n) is 5.45. The van der Waals surface area contributed by atoms with Gasteiger partial charge in [-0.25, -0.2) is 4.98 Å². The molecule has 30 heavy (non-hydrogen) atoms. The zero-order valence-electron chi connectivity index (χ0n) is 17.9. The topological polar surface area (TPSA) is 46.9 Å². The number of fused-ring (bicyclic) bond motifs is 1. The van der Waals surface area contributed by atoms with Gasteiger partial charge in [0.2, 0.25) is 0 Å². The highest BCUT2D eigenvalue weighted by Gasteiger charge is 2.11. The summed E-state index contributed by atoms with van der Waals surface area (Å²) in [4.78, 5) is 17.1. The number of rotatable bonds is 12. The van der Waals surface area contributed by atoms with Crippen LogP contribution in [-0.2, 0) is 13.0 Å². The van der Waals surface area contributed by atoms with Gasteiger partial charge in [0, 0.05) is 19.5 Å². The van der Waals surface area contributed by atoms with Crippen molar-refractivity contribution in [2.45, 2.75) is 64.8 Å². The molecule has 1 amide bonds. The third kappa shape index (κ3) is 6.09. The lowest BCUT2D eigenvalue weighted by Crippen LogP contribution is -2.24. The molecule has 0 aliphatic rings. The number of aryl methyl sites for hydroxylation is 2. The van der Waals surface area contributed by atoms with Crippen molar-refractivity contribution in [1.82, 2.24) is 14.9 Å². The van der Waals surface area contributed by atoms with Crippen LogP contribution in [0.5, 0.6) is 0 Å². The first-order valence-corrected chi connectivity index (χ1v) is 11.6. The molecule has 5 heteroatoms. The molecular weight excluding hydrogens is 394 g/mol. The lowest BCUT2D eigenvalue weighted by atomic mass is 10.1. The largest absolute Gasteiger partial charge is 0.352 e. The molecule has 0 unspecified atom stereocenters. The smallest absolute Gasteiger partial charge is 0.252 e. The summed E-state index contributed by atoms with van der Waals surface area (Å²) in [7, 11) is 0. The van der Waals surface area contributed by atoms with Crippen molar-refractivity contribution < 1.29 is 4.79 Å². The van der Waals surface area contributed by atoms with Gasteiger partial charge in [0.1, 0.15) is 5.82 Å². The van der Waals surface area contributed by atoms with E-state index in [4.69, 9.17) is 16.6 Å². The molecule has 0 atom stereocenters. The molecule has 1 N–H and O–H groups in total. The van der Waals surface area contributed by atoms with Gasteiger partial charge >= 0.3 is 0 Å². The van der Waals surface area contributed by atoms with E-state index >= 15 is 0 Å². The van der Waals surface area contributed by atoms with Crippen LogP contribution in [-0.4, -0.2) is 22.0 Å². The van der Waals surface area contributed by atoms with Crippen molar-refractivity contribution >= 4 is 28.5 Å². The number of carbonyl (C=O) groups is 1. The summed E-state index contributed by atoms with van der Waals surface area (Å²) in [6.45, 7) is 3.95. The molecule has 3 rings (SSSR count). The molecular formula is C25H32ClN3O. The fourth-order valence-electron chi connectivity index (χ4n) is 3.79. The van der Waals surface area contributed by atoms with Crippen LogP contribution in [0.2, 0.25) is 5.02 Å². The third-order valence-corrected chi connectivity index (χ3v) is 5.78. The summed E-state index contributed by atoms with van der Waals surface area (Å²) in [6.07, 6.45) is 9.07. The van der Waals surface area contributed by atoms with Crippen LogP contribution in [0.4, 0.5) is 0 Å². The highest BCUT2D eigenvalue weighted by molar-refractivity contribution is 6.33. The van der Waals surface area contributed by atoms with Crippen molar-refractivity contribution in [1.29, 1.82) is 0 Å². The van der Waals surface area contributed by atoms with Gasteiger partial charge in [-0.05, 0) is 43.5 Å². The van der Waals surface area contributed by atoms with Gasteiger partial charge in [-0.2, -0.15) is 0 Å². The summed E-state index contributed by atoms with van der Waals surface area (Å²) in [5, 5.41) is 3.46. The Morgan fingerprint density at radius 3 is 2.57 bits per heavy atom. The van der Waals surface area contributed by atoms with Crippen molar-refractivity contribution in [2.75, 3.05) is 6.54 Å². The van der Waals surface area contributed by atoms with Gasteiger partial charge in [-0.1, -0.05) is 68.5 Å². The molecule has 160 valence electrons. The number of benzene rings is 2.